The van der Waals surface area contributed by atoms with Crippen molar-refractivity contribution in [3.63, 3.8) is 0 Å². The maximum atomic E-state index is 12.6. The normalized spacial score (nSPS) is 29.4. The molecule has 0 radical (unpaired) electrons. The van der Waals surface area contributed by atoms with Crippen LogP contribution in [0.25, 0.3) is 0 Å². The van der Waals surface area contributed by atoms with Gasteiger partial charge in [-0.15, -0.1) is 0 Å². The van der Waals surface area contributed by atoms with Crippen molar-refractivity contribution >= 4 is 11.8 Å². The van der Waals surface area contributed by atoms with Crippen LogP contribution in [0, 0.1) is 17.8 Å². The van der Waals surface area contributed by atoms with E-state index in [9.17, 15) is 14.7 Å². The number of rotatable bonds is 4. The lowest BCUT2D eigenvalue weighted by atomic mass is 9.61. The lowest BCUT2D eigenvalue weighted by molar-refractivity contribution is -0.138. The summed E-state index contributed by atoms with van der Waals surface area (Å²) in [5.41, 5.74) is -0.328. The van der Waals surface area contributed by atoms with Gasteiger partial charge in [0.2, 0.25) is 5.91 Å². The van der Waals surface area contributed by atoms with Gasteiger partial charge in [0.25, 0.3) is 5.91 Å². The Morgan fingerprint density at radius 1 is 1.33 bits per heavy atom. The molecule has 2 amide bonds. The Kier molecular flexibility index (Phi) is 5.10. The first-order chi connectivity index (χ1) is 13.1. The summed E-state index contributed by atoms with van der Waals surface area (Å²) < 4.78 is 5.27. The molecule has 3 atom stereocenters. The van der Waals surface area contributed by atoms with Gasteiger partial charge in [0.05, 0.1) is 23.6 Å². The smallest absolute Gasteiger partial charge is 0.255 e. The van der Waals surface area contributed by atoms with E-state index in [2.05, 4.69) is 15.5 Å². The Hall–Kier alpha value is -2.06. The number of nitrogens with one attached hydrogen (secondary N) is 1. The van der Waals surface area contributed by atoms with E-state index in [0.717, 1.165) is 19.4 Å². The van der Waals surface area contributed by atoms with Gasteiger partial charge in [-0.1, -0.05) is 0 Å². The zero-order chi connectivity index (χ0) is 18.9. The Labute approximate surface area is 158 Å². The third-order valence-corrected chi connectivity index (χ3v) is 6.35. The van der Waals surface area contributed by atoms with E-state index in [4.69, 9.17) is 4.74 Å². The molecule has 3 aliphatic rings. The van der Waals surface area contributed by atoms with E-state index in [-0.39, 0.29) is 30.2 Å². The summed E-state index contributed by atoms with van der Waals surface area (Å²) in [6.45, 7) is 2.65. The van der Waals surface area contributed by atoms with Gasteiger partial charge in [0.1, 0.15) is 0 Å². The highest BCUT2D eigenvalue weighted by atomic mass is 16.5. The molecule has 1 aromatic rings. The minimum Gasteiger partial charge on any atom is -0.388 e. The van der Waals surface area contributed by atoms with Gasteiger partial charge in [-0.2, -0.15) is 10.2 Å². The average molecular weight is 374 g/mol. The zero-order valence-electron chi connectivity index (χ0n) is 15.3. The lowest BCUT2D eigenvalue weighted by Gasteiger charge is -2.50. The second kappa shape index (κ2) is 7.52. The molecule has 3 heterocycles. The highest BCUT2D eigenvalue weighted by molar-refractivity contribution is 5.94. The summed E-state index contributed by atoms with van der Waals surface area (Å²) in [6, 6.07) is 1.67. The lowest BCUT2D eigenvalue weighted by Crippen LogP contribution is -2.57. The quantitative estimate of drug-likeness (QED) is 0.782. The minimum atomic E-state index is -0.861. The van der Waals surface area contributed by atoms with E-state index in [0.29, 0.717) is 44.1 Å². The van der Waals surface area contributed by atoms with Crippen molar-refractivity contribution in [1.29, 1.82) is 0 Å². The van der Waals surface area contributed by atoms with Crippen LogP contribution in [0.15, 0.2) is 18.5 Å². The Balaban J connectivity index is 1.32. The van der Waals surface area contributed by atoms with Crippen LogP contribution >= 0.6 is 0 Å². The van der Waals surface area contributed by atoms with Gasteiger partial charge in [-0.3, -0.25) is 9.59 Å². The van der Waals surface area contributed by atoms with Crippen molar-refractivity contribution in [3.8, 4) is 0 Å². The fourth-order valence-electron chi connectivity index (χ4n) is 4.48. The second-order valence-electron chi connectivity index (χ2n) is 7.99. The fraction of sp³-hybridized carbons (Fsp3) is 0.684. The van der Waals surface area contributed by atoms with Crippen molar-refractivity contribution < 1.29 is 19.4 Å². The molecule has 8 nitrogen and oxygen atoms in total. The van der Waals surface area contributed by atoms with Crippen molar-refractivity contribution in [2.75, 3.05) is 32.8 Å². The number of fused-ring (bicyclic) bond motifs is 1. The second-order valence-corrected chi connectivity index (χ2v) is 7.99. The molecule has 0 bridgehead atoms. The first-order valence-corrected chi connectivity index (χ1v) is 9.69. The molecule has 146 valence electrons. The molecule has 8 heteroatoms. The number of piperidine rings is 1. The first-order valence-electron chi connectivity index (χ1n) is 9.69. The molecular formula is C19H26N4O4. The number of likely N-dealkylation sites (tertiary alicyclic amines) is 1. The molecule has 4 rings (SSSR count). The number of aliphatic hydroxyl groups is 1. The molecule has 2 N–H and O–H groups in total. The molecule has 1 aliphatic carbocycles. The Bertz CT molecular complexity index is 692. The number of hydrogen-bond donors (Lipinski definition) is 2. The van der Waals surface area contributed by atoms with Crippen LogP contribution in [-0.2, 0) is 9.53 Å². The first kappa shape index (κ1) is 18.3. The summed E-state index contributed by atoms with van der Waals surface area (Å²) >= 11 is 0. The highest BCUT2D eigenvalue weighted by Gasteiger charge is 2.48. The van der Waals surface area contributed by atoms with Gasteiger partial charge >= 0.3 is 0 Å². The number of hydrogen-bond acceptors (Lipinski definition) is 6. The molecule has 3 fully saturated rings. The molecule has 27 heavy (non-hydrogen) atoms. The van der Waals surface area contributed by atoms with Crippen LogP contribution < -0.4 is 5.32 Å². The van der Waals surface area contributed by atoms with Crippen LogP contribution in [0.4, 0.5) is 0 Å². The van der Waals surface area contributed by atoms with E-state index < -0.39 is 5.60 Å². The topological polar surface area (TPSA) is 105 Å². The third-order valence-electron chi connectivity index (χ3n) is 6.35. The maximum Gasteiger partial charge on any atom is 0.255 e. The zero-order valence-corrected chi connectivity index (χ0v) is 15.3. The summed E-state index contributed by atoms with van der Waals surface area (Å²) in [6.07, 6.45) is 5.89. The maximum absolute atomic E-state index is 12.6. The number of aromatic nitrogens is 2. The van der Waals surface area contributed by atoms with Gasteiger partial charge < -0.3 is 20.1 Å². The van der Waals surface area contributed by atoms with Crippen molar-refractivity contribution in [1.82, 2.24) is 20.4 Å². The van der Waals surface area contributed by atoms with E-state index in [1.807, 2.05) is 4.90 Å². The summed E-state index contributed by atoms with van der Waals surface area (Å²) in [5.74, 6) is 0.569. The number of carbonyl (C=O) groups is 2. The average Bonchev–Trinajstić information content (AvgIpc) is 2.68. The van der Waals surface area contributed by atoms with Crippen molar-refractivity contribution in [3.05, 3.63) is 24.0 Å². The van der Waals surface area contributed by atoms with Gasteiger partial charge in [-0.25, -0.2) is 0 Å². The van der Waals surface area contributed by atoms with E-state index >= 15 is 0 Å². The molecule has 0 aromatic carbocycles. The molecule has 2 saturated heterocycles. The van der Waals surface area contributed by atoms with E-state index in [1.165, 1.54) is 12.4 Å². The molecule has 0 spiro atoms. The van der Waals surface area contributed by atoms with Crippen LogP contribution in [0.5, 0.6) is 0 Å². The van der Waals surface area contributed by atoms with Crippen LogP contribution in [0.3, 0.4) is 0 Å². The monoisotopic (exact) mass is 374 g/mol. The molecule has 1 aromatic heterocycles. The van der Waals surface area contributed by atoms with Gasteiger partial charge in [0, 0.05) is 51.6 Å². The predicted molar refractivity (Wildman–Crippen MR) is 95.7 cm³/mol. The minimum absolute atomic E-state index is 0.00366. The predicted octanol–water partition coefficient (Wildman–Crippen LogP) is 0.233. The van der Waals surface area contributed by atoms with Gasteiger partial charge in [0.15, 0.2) is 0 Å². The number of ether oxygens (including phenoxy) is 1. The number of carbonyl (C=O) groups excluding carboxylic acids is 2. The van der Waals surface area contributed by atoms with Crippen LogP contribution in [-0.4, -0.2) is 70.5 Å². The Morgan fingerprint density at radius 2 is 2.15 bits per heavy atom. The fourth-order valence-corrected chi connectivity index (χ4v) is 4.48. The van der Waals surface area contributed by atoms with Crippen LogP contribution in [0.1, 0.15) is 36.0 Å². The van der Waals surface area contributed by atoms with Crippen molar-refractivity contribution in [2.24, 2.45) is 17.8 Å². The number of amides is 2. The largest absolute Gasteiger partial charge is 0.388 e. The van der Waals surface area contributed by atoms with Gasteiger partial charge in [-0.05, 0) is 30.7 Å². The molecule has 2 aliphatic heterocycles. The van der Waals surface area contributed by atoms with E-state index in [1.54, 1.807) is 6.07 Å². The standard InChI is InChI=1S/C19H26N4O4/c24-17(20-12-19(26)3-7-27-8-4-19)15-9-13-2-6-23(11-16(13)15)18(25)14-1-5-21-22-10-14/h1,5,10,13,15-16,26H,2-4,6-9,11-12H2,(H,20,24)/t13-,15-,16-/m1/s1. The SMILES string of the molecule is O=C(NCC1(O)CCOCC1)[C@@H]1C[C@H]2CCN(C(=O)c3ccnnc3)C[C@H]21. The summed E-state index contributed by atoms with van der Waals surface area (Å²) in [5, 5.41) is 20.9. The molecule has 1 saturated carbocycles. The summed E-state index contributed by atoms with van der Waals surface area (Å²) in [7, 11) is 0. The molecular weight excluding hydrogens is 348 g/mol. The highest BCUT2D eigenvalue weighted by Crippen LogP contribution is 2.45. The van der Waals surface area contributed by atoms with Crippen molar-refractivity contribution in [2.45, 2.75) is 31.3 Å². The Morgan fingerprint density at radius 3 is 2.89 bits per heavy atom. The summed E-state index contributed by atoms with van der Waals surface area (Å²) in [4.78, 5) is 27.1. The third kappa shape index (κ3) is 3.82. The molecule has 0 unspecified atom stereocenters. The number of nitrogens with zero attached hydrogens (tertiary/aromatic N) is 3. The van der Waals surface area contributed by atoms with Crippen LogP contribution in [0.2, 0.25) is 0 Å².